The first-order valence-electron chi connectivity index (χ1n) is 2.28. The second-order valence-electron chi connectivity index (χ2n) is 1.19. The third-order valence-corrected chi connectivity index (χ3v) is 0.914. The molecule has 0 bridgehead atoms. The van der Waals surface area contributed by atoms with E-state index < -0.39 is 0 Å². The molecular formula is C5H6AlNOS. The number of hydrogen-bond donors (Lipinski definition) is 1. The van der Waals surface area contributed by atoms with Gasteiger partial charge < -0.3 is 0 Å². The van der Waals surface area contributed by atoms with Gasteiger partial charge in [0, 0.05) is 6.20 Å². The van der Waals surface area contributed by atoms with Crippen LogP contribution >= 0.6 is 12.6 Å². The van der Waals surface area contributed by atoms with E-state index in [0.29, 0.717) is 16.2 Å². The maximum atomic E-state index is 8.28. The van der Waals surface area contributed by atoms with Gasteiger partial charge in [0.1, 0.15) is 0 Å². The van der Waals surface area contributed by atoms with Crippen molar-refractivity contribution in [2.75, 3.05) is 0 Å². The van der Waals surface area contributed by atoms with Gasteiger partial charge in [-0.15, -0.1) is 12.6 Å². The van der Waals surface area contributed by atoms with E-state index in [-0.39, 0.29) is 0 Å². The summed E-state index contributed by atoms with van der Waals surface area (Å²) < 4.78 is 8.28. The SMILES string of the molecule is Sc1ccccn1.[O]=[AlH]. The van der Waals surface area contributed by atoms with E-state index in [1.54, 1.807) is 6.20 Å². The van der Waals surface area contributed by atoms with Gasteiger partial charge in [0.15, 0.2) is 0 Å². The third-order valence-electron chi connectivity index (χ3n) is 0.649. The topological polar surface area (TPSA) is 30.0 Å². The number of aromatic nitrogens is 1. The van der Waals surface area contributed by atoms with Crippen LogP contribution in [0.3, 0.4) is 0 Å². The van der Waals surface area contributed by atoms with Gasteiger partial charge in [0.25, 0.3) is 0 Å². The Kier molecular flexibility index (Phi) is 5.85. The minimum atomic E-state index is 0.611. The fraction of sp³-hybridized carbons (Fsp3) is 0. The second-order valence-corrected chi connectivity index (χ2v) is 1.65. The standard InChI is InChI=1S/C5H5NS.Al.O.H/c7-5-3-1-2-4-6-5;;;/h1-4H,(H,6,7);;;. The number of nitrogens with zero attached hydrogens (tertiary/aromatic N) is 1. The normalized spacial score (nSPS) is 7.11. The summed E-state index contributed by atoms with van der Waals surface area (Å²) in [7, 11) is 0. The van der Waals surface area contributed by atoms with Gasteiger partial charge >= 0.3 is 20.0 Å². The predicted molar refractivity (Wildman–Crippen MR) is 39.3 cm³/mol. The molecule has 0 aliphatic rings. The molecule has 1 rings (SSSR count). The van der Waals surface area contributed by atoms with Crippen LogP contribution in [0.2, 0.25) is 0 Å². The van der Waals surface area contributed by atoms with Gasteiger partial charge in [-0.05, 0) is 12.1 Å². The van der Waals surface area contributed by atoms with E-state index in [1.165, 1.54) is 0 Å². The van der Waals surface area contributed by atoms with Crippen LogP contribution in [0.4, 0.5) is 0 Å². The van der Waals surface area contributed by atoms with Gasteiger partial charge in [0.05, 0.1) is 5.03 Å². The van der Waals surface area contributed by atoms with Crippen molar-refractivity contribution in [1.29, 1.82) is 0 Å². The quantitative estimate of drug-likeness (QED) is 0.439. The van der Waals surface area contributed by atoms with Gasteiger partial charge in [0.2, 0.25) is 0 Å². The van der Waals surface area contributed by atoms with Crippen molar-refractivity contribution in [2.24, 2.45) is 0 Å². The Hall–Kier alpha value is -0.168. The monoisotopic (exact) mass is 155 g/mol. The van der Waals surface area contributed by atoms with Gasteiger partial charge in [-0.3, -0.25) is 4.98 Å². The number of thiol groups is 1. The predicted octanol–water partition coefficient (Wildman–Crippen LogP) is 0.603. The molecule has 0 unspecified atom stereocenters. The summed E-state index contributed by atoms with van der Waals surface area (Å²) in [5.74, 6) is 0. The molecule has 0 saturated heterocycles. The average molecular weight is 155 g/mol. The van der Waals surface area contributed by atoms with E-state index in [9.17, 15) is 0 Å². The molecule has 46 valence electrons. The van der Waals surface area contributed by atoms with Crippen LogP contribution in [0.5, 0.6) is 0 Å². The molecule has 0 atom stereocenters. The summed E-state index contributed by atoms with van der Waals surface area (Å²) in [4.78, 5) is 3.84. The fourth-order valence-electron chi connectivity index (χ4n) is 0.354. The zero-order chi connectivity index (χ0) is 7.11. The molecule has 0 aromatic carbocycles. The van der Waals surface area contributed by atoms with Crippen molar-refractivity contribution in [2.45, 2.75) is 5.03 Å². The number of hydrogen-bond acceptors (Lipinski definition) is 3. The maximum absolute atomic E-state index is 8.28. The van der Waals surface area contributed by atoms with Crippen LogP contribution in [0.1, 0.15) is 0 Å². The van der Waals surface area contributed by atoms with Crippen LogP contribution in [-0.2, 0) is 3.80 Å². The summed E-state index contributed by atoms with van der Waals surface area (Å²) in [6.07, 6.45) is 1.71. The van der Waals surface area contributed by atoms with Gasteiger partial charge in [-0.1, -0.05) is 6.07 Å². The molecule has 0 fully saturated rings. The molecule has 4 heteroatoms. The van der Waals surface area contributed by atoms with E-state index in [0.717, 1.165) is 5.03 Å². The minimum absolute atomic E-state index is 0.611. The van der Waals surface area contributed by atoms with Crippen LogP contribution in [0, 0.1) is 0 Å². The Labute approximate surface area is 67.4 Å². The molecular weight excluding hydrogens is 149 g/mol. The zero-order valence-electron chi connectivity index (χ0n) is 4.82. The molecule has 1 heterocycles. The van der Waals surface area contributed by atoms with Crippen LogP contribution in [0.25, 0.3) is 0 Å². The number of rotatable bonds is 0. The molecule has 2 nitrogen and oxygen atoms in total. The van der Waals surface area contributed by atoms with E-state index in [4.69, 9.17) is 3.80 Å². The zero-order valence-corrected chi connectivity index (χ0v) is 7.13. The van der Waals surface area contributed by atoms with Crippen LogP contribution < -0.4 is 0 Å². The van der Waals surface area contributed by atoms with Crippen molar-refractivity contribution >= 4 is 28.9 Å². The third kappa shape index (κ3) is 4.34. The van der Waals surface area contributed by atoms with E-state index >= 15 is 0 Å². The summed E-state index contributed by atoms with van der Waals surface area (Å²) in [6.45, 7) is 0. The average Bonchev–Trinajstić information content (AvgIpc) is 1.94. The van der Waals surface area contributed by atoms with Crippen molar-refractivity contribution < 1.29 is 3.80 Å². The van der Waals surface area contributed by atoms with Crippen molar-refractivity contribution in [3.8, 4) is 0 Å². The molecule has 0 N–H and O–H groups in total. The molecule has 1 aromatic rings. The Morgan fingerprint density at radius 2 is 2.11 bits per heavy atom. The Balaban J connectivity index is 0.000000291. The van der Waals surface area contributed by atoms with Gasteiger partial charge in [-0.2, -0.15) is 0 Å². The van der Waals surface area contributed by atoms with E-state index in [2.05, 4.69) is 17.6 Å². The molecule has 0 aliphatic carbocycles. The molecule has 0 saturated carbocycles. The van der Waals surface area contributed by atoms with Crippen molar-refractivity contribution in [3.63, 3.8) is 0 Å². The van der Waals surface area contributed by atoms with E-state index in [1.807, 2.05) is 18.2 Å². The van der Waals surface area contributed by atoms with Crippen LogP contribution in [-0.4, -0.2) is 21.2 Å². The second kappa shape index (κ2) is 5.96. The summed E-state index contributed by atoms with van der Waals surface area (Å²) in [5.41, 5.74) is 0. The molecule has 0 spiro atoms. The first-order valence-corrected chi connectivity index (χ1v) is 3.31. The Morgan fingerprint density at radius 1 is 1.44 bits per heavy atom. The Bertz CT molecular complexity index is 158. The summed E-state index contributed by atoms with van der Waals surface area (Å²) >= 11 is 4.58. The van der Waals surface area contributed by atoms with Crippen LogP contribution in [0.15, 0.2) is 29.4 Å². The molecule has 9 heavy (non-hydrogen) atoms. The van der Waals surface area contributed by atoms with Crippen molar-refractivity contribution in [3.05, 3.63) is 24.4 Å². The fourth-order valence-corrected chi connectivity index (χ4v) is 0.506. The summed E-state index contributed by atoms with van der Waals surface area (Å²) in [6, 6.07) is 5.60. The molecule has 0 amide bonds. The number of pyridine rings is 1. The molecule has 0 aliphatic heterocycles. The first-order chi connectivity index (χ1) is 4.39. The van der Waals surface area contributed by atoms with Crippen molar-refractivity contribution in [1.82, 2.24) is 4.98 Å². The molecule has 1 aromatic heterocycles. The Morgan fingerprint density at radius 3 is 2.33 bits per heavy atom. The van der Waals surface area contributed by atoms with Gasteiger partial charge in [-0.25, -0.2) is 0 Å². The first kappa shape index (κ1) is 8.83. The molecule has 0 radical (unpaired) electrons. The summed E-state index contributed by atoms with van der Waals surface area (Å²) in [5, 5.41) is 0.766.